The number of hydrogen-bond acceptors (Lipinski definition) is 2. The van der Waals surface area contributed by atoms with Gasteiger partial charge in [-0.05, 0) is 32.1 Å². The molecule has 0 aromatic heterocycles. The zero-order valence-electron chi connectivity index (χ0n) is 11.0. The lowest BCUT2D eigenvalue weighted by Crippen LogP contribution is -2.39. The number of ether oxygens (including phenoxy) is 1. The van der Waals surface area contributed by atoms with E-state index in [0.29, 0.717) is 30.9 Å². The number of nitrogens with zero attached hydrogens (tertiary/aromatic N) is 1. The zero-order valence-corrected chi connectivity index (χ0v) is 11.7. The van der Waals surface area contributed by atoms with E-state index in [0.717, 1.165) is 32.4 Å². The van der Waals surface area contributed by atoms with Crippen LogP contribution in [0.1, 0.15) is 39.5 Å². The van der Waals surface area contributed by atoms with Crippen molar-refractivity contribution in [2.75, 3.05) is 25.6 Å². The maximum absolute atomic E-state index is 12.0. The Kier molecular flexibility index (Phi) is 6.90. The third-order valence-corrected chi connectivity index (χ3v) is 3.43. The average Bonchev–Trinajstić information content (AvgIpc) is 2.26. The van der Waals surface area contributed by atoms with Gasteiger partial charge in [0.05, 0.1) is 6.10 Å². The second kappa shape index (κ2) is 7.93. The van der Waals surface area contributed by atoms with Gasteiger partial charge in [0.1, 0.15) is 0 Å². The second-order valence-corrected chi connectivity index (χ2v) is 5.07. The minimum Gasteiger partial charge on any atom is -0.378 e. The summed E-state index contributed by atoms with van der Waals surface area (Å²) >= 11 is 5.71. The first-order valence-corrected chi connectivity index (χ1v) is 7.20. The fourth-order valence-corrected chi connectivity index (χ4v) is 2.53. The second-order valence-electron chi connectivity index (χ2n) is 4.69. The highest BCUT2D eigenvalue weighted by molar-refractivity contribution is 6.18. The summed E-state index contributed by atoms with van der Waals surface area (Å²) in [6.07, 6.45) is 4.14. The predicted molar refractivity (Wildman–Crippen MR) is 70.3 cm³/mol. The lowest BCUT2D eigenvalue weighted by Gasteiger charge is -2.35. The third kappa shape index (κ3) is 4.84. The molecule has 0 aromatic rings. The van der Waals surface area contributed by atoms with Gasteiger partial charge in [0, 0.05) is 32.0 Å². The first kappa shape index (κ1) is 14.8. The Labute approximate surface area is 109 Å². The number of amides is 1. The van der Waals surface area contributed by atoms with Crippen molar-refractivity contribution in [2.45, 2.75) is 45.6 Å². The maximum Gasteiger partial charge on any atom is 0.222 e. The zero-order chi connectivity index (χ0) is 12.7. The van der Waals surface area contributed by atoms with Crippen LogP contribution in [0.3, 0.4) is 0 Å². The highest BCUT2D eigenvalue weighted by atomic mass is 35.5. The Balaban J connectivity index is 2.23. The fraction of sp³-hybridized carbons (Fsp3) is 0.923. The van der Waals surface area contributed by atoms with Gasteiger partial charge in [0.2, 0.25) is 5.91 Å². The minimum absolute atomic E-state index is 0.257. The van der Waals surface area contributed by atoms with Gasteiger partial charge in [-0.15, -0.1) is 11.6 Å². The molecule has 0 bridgehead atoms. The largest absolute Gasteiger partial charge is 0.378 e. The molecule has 1 aliphatic rings. The number of carbonyl (C=O) groups is 1. The molecule has 4 heteroatoms. The SMILES string of the molecule is CCCN(CCCl)C(=O)CC1CC(OCC)C1. The van der Waals surface area contributed by atoms with Crippen molar-refractivity contribution in [1.82, 2.24) is 4.90 Å². The Morgan fingerprint density at radius 3 is 2.59 bits per heavy atom. The van der Waals surface area contributed by atoms with Crippen molar-refractivity contribution in [3.8, 4) is 0 Å². The van der Waals surface area contributed by atoms with Crippen molar-refractivity contribution < 1.29 is 9.53 Å². The number of hydrogen-bond donors (Lipinski definition) is 0. The molecule has 1 amide bonds. The summed E-state index contributed by atoms with van der Waals surface area (Å²) in [6, 6.07) is 0. The number of alkyl halides is 1. The molecule has 100 valence electrons. The molecule has 0 aliphatic heterocycles. The van der Waals surface area contributed by atoms with Crippen LogP contribution in [0.15, 0.2) is 0 Å². The quantitative estimate of drug-likeness (QED) is 0.629. The molecule has 1 rings (SSSR count). The maximum atomic E-state index is 12.0. The molecule has 0 atom stereocenters. The monoisotopic (exact) mass is 261 g/mol. The van der Waals surface area contributed by atoms with Crippen molar-refractivity contribution in [2.24, 2.45) is 5.92 Å². The van der Waals surface area contributed by atoms with Crippen molar-refractivity contribution in [3.05, 3.63) is 0 Å². The Hall–Kier alpha value is -0.280. The third-order valence-electron chi connectivity index (χ3n) is 3.26. The van der Waals surface area contributed by atoms with Crippen molar-refractivity contribution >= 4 is 17.5 Å². The molecular formula is C13H24ClNO2. The predicted octanol–water partition coefficient (Wildman–Crippen LogP) is 2.67. The number of rotatable bonds is 8. The summed E-state index contributed by atoms with van der Waals surface area (Å²) in [6.45, 7) is 6.38. The van der Waals surface area contributed by atoms with E-state index in [4.69, 9.17) is 16.3 Å². The first-order chi connectivity index (χ1) is 8.21. The average molecular weight is 262 g/mol. The fourth-order valence-electron chi connectivity index (χ4n) is 2.32. The van der Waals surface area contributed by atoms with Gasteiger partial charge in [-0.2, -0.15) is 0 Å². The van der Waals surface area contributed by atoms with Gasteiger partial charge in [0.25, 0.3) is 0 Å². The summed E-state index contributed by atoms with van der Waals surface area (Å²) in [5.41, 5.74) is 0. The van der Waals surface area contributed by atoms with Crippen LogP contribution in [0.5, 0.6) is 0 Å². The smallest absolute Gasteiger partial charge is 0.222 e. The minimum atomic E-state index is 0.257. The van der Waals surface area contributed by atoms with E-state index in [1.165, 1.54) is 0 Å². The molecule has 3 nitrogen and oxygen atoms in total. The highest BCUT2D eigenvalue weighted by Gasteiger charge is 2.32. The number of carbonyl (C=O) groups excluding carboxylic acids is 1. The first-order valence-electron chi connectivity index (χ1n) is 6.66. The molecule has 0 heterocycles. The van der Waals surface area contributed by atoms with Gasteiger partial charge in [-0.1, -0.05) is 6.92 Å². The van der Waals surface area contributed by atoms with Crippen LogP contribution in [0, 0.1) is 5.92 Å². The lowest BCUT2D eigenvalue weighted by atomic mass is 9.79. The summed E-state index contributed by atoms with van der Waals surface area (Å²) in [7, 11) is 0. The normalized spacial score (nSPS) is 23.2. The Bertz CT molecular complexity index is 223. The molecule has 0 unspecified atom stereocenters. The van der Waals surface area contributed by atoms with Crippen molar-refractivity contribution in [1.29, 1.82) is 0 Å². The van der Waals surface area contributed by atoms with E-state index < -0.39 is 0 Å². The van der Waals surface area contributed by atoms with E-state index in [1.807, 2.05) is 11.8 Å². The standard InChI is InChI=1S/C13H24ClNO2/c1-3-6-15(7-5-14)13(16)10-11-8-12(9-11)17-4-2/h11-12H,3-10H2,1-2H3. The summed E-state index contributed by atoms with van der Waals surface area (Å²) in [5, 5.41) is 0. The summed E-state index contributed by atoms with van der Waals surface area (Å²) in [5.74, 6) is 1.30. The van der Waals surface area contributed by atoms with Gasteiger partial charge >= 0.3 is 0 Å². The van der Waals surface area contributed by atoms with Crippen LogP contribution in [0.25, 0.3) is 0 Å². The van der Waals surface area contributed by atoms with Crippen LogP contribution in [-0.2, 0) is 9.53 Å². The lowest BCUT2D eigenvalue weighted by molar-refractivity contribution is -0.134. The van der Waals surface area contributed by atoms with Crippen molar-refractivity contribution in [3.63, 3.8) is 0 Å². The molecule has 1 fully saturated rings. The van der Waals surface area contributed by atoms with Gasteiger partial charge < -0.3 is 9.64 Å². The molecule has 0 aromatic carbocycles. The molecule has 17 heavy (non-hydrogen) atoms. The van der Waals surface area contributed by atoms with E-state index >= 15 is 0 Å². The highest BCUT2D eigenvalue weighted by Crippen LogP contribution is 2.33. The molecule has 1 aliphatic carbocycles. The van der Waals surface area contributed by atoms with E-state index in [-0.39, 0.29) is 5.91 Å². The van der Waals surface area contributed by atoms with Crippen LogP contribution >= 0.6 is 11.6 Å². The van der Waals surface area contributed by atoms with Crippen LogP contribution < -0.4 is 0 Å². The number of halogens is 1. The van der Waals surface area contributed by atoms with Gasteiger partial charge in [0.15, 0.2) is 0 Å². The van der Waals surface area contributed by atoms with E-state index in [1.54, 1.807) is 0 Å². The summed E-state index contributed by atoms with van der Waals surface area (Å²) in [4.78, 5) is 13.9. The molecular weight excluding hydrogens is 238 g/mol. The molecule has 0 N–H and O–H groups in total. The topological polar surface area (TPSA) is 29.5 Å². The Morgan fingerprint density at radius 2 is 2.06 bits per heavy atom. The molecule has 0 spiro atoms. The van der Waals surface area contributed by atoms with E-state index in [2.05, 4.69) is 6.92 Å². The summed E-state index contributed by atoms with van der Waals surface area (Å²) < 4.78 is 5.50. The van der Waals surface area contributed by atoms with Gasteiger partial charge in [-0.25, -0.2) is 0 Å². The van der Waals surface area contributed by atoms with Crippen LogP contribution in [0.2, 0.25) is 0 Å². The van der Waals surface area contributed by atoms with Crippen LogP contribution in [0.4, 0.5) is 0 Å². The van der Waals surface area contributed by atoms with Gasteiger partial charge in [-0.3, -0.25) is 4.79 Å². The Morgan fingerprint density at radius 1 is 1.35 bits per heavy atom. The molecule has 0 radical (unpaired) electrons. The molecule has 0 saturated heterocycles. The van der Waals surface area contributed by atoms with Crippen LogP contribution in [-0.4, -0.2) is 42.5 Å². The molecule has 1 saturated carbocycles. The van der Waals surface area contributed by atoms with E-state index in [9.17, 15) is 4.79 Å².